The number of hydrogen-bond donors (Lipinski definition) is 3. The van der Waals surface area contributed by atoms with Gasteiger partial charge in [-0.25, -0.2) is 8.78 Å². The van der Waals surface area contributed by atoms with Gasteiger partial charge >= 0.3 is 0 Å². The number of amides is 2. The summed E-state index contributed by atoms with van der Waals surface area (Å²) in [6.45, 7) is 5.75. The van der Waals surface area contributed by atoms with E-state index in [0.717, 1.165) is 24.5 Å². The maximum Gasteiger partial charge on any atom is 0.254 e. The largest absolute Gasteiger partial charge is 0.497 e. The molecule has 0 aliphatic heterocycles. The number of aliphatic hydroxyl groups is 1. The van der Waals surface area contributed by atoms with Crippen molar-refractivity contribution >= 4 is 11.8 Å². The van der Waals surface area contributed by atoms with Gasteiger partial charge in [-0.1, -0.05) is 44.2 Å². The van der Waals surface area contributed by atoms with Gasteiger partial charge in [0.05, 0.1) is 19.3 Å². The number of nitrogens with zero attached hydrogens (tertiary/aromatic N) is 1. The van der Waals surface area contributed by atoms with Crippen LogP contribution in [0, 0.1) is 11.6 Å². The van der Waals surface area contributed by atoms with Gasteiger partial charge in [0.1, 0.15) is 17.4 Å². The van der Waals surface area contributed by atoms with Crippen molar-refractivity contribution in [2.75, 3.05) is 26.7 Å². The Morgan fingerprint density at radius 1 is 0.902 bits per heavy atom. The van der Waals surface area contributed by atoms with E-state index in [0.29, 0.717) is 30.9 Å². The van der Waals surface area contributed by atoms with Crippen LogP contribution in [0.15, 0.2) is 66.7 Å². The lowest BCUT2D eigenvalue weighted by Gasteiger charge is -2.25. The molecule has 7 nitrogen and oxygen atoms in total. The molecule has 0 unspecified atom stereocenters. The molecular formula is C32H39F2N3O4. The number of rotatable bonds is 15. The van der Waals surface area contributed by atoms with E-state index >= 15 is 0 Å². The number of aliphatic hydroxyl groups excluding tert-OH is 1. The van der Waals surface area contributed by atoms with E-state index in [1.807, 2.05) is 44.2 Å². The zero-order valence-corrected chi connectivity index (χ0v) is 23.8. The lowest BCUT2D eigenvalue weighted by atomic mass is 9.99. The van der Waals surface area contributed by atoms with Gasteiger partial charge in [-0.3, -0.25) is 9.59 Å². The first-order valence-corrected chi connectivity index (χ1v) is 13.9. The Bertz CT molecular complexity index is 1260. The van der Waals surface area contributed by atoms with Gasteiger partial charge in [-0.05, 0) is 60.7 Å². The first kappa shape index (κ1) is 31.7. The topological polar surface area (TPSA) is 90.9 Å². The summed E-state index contributed by atoms with van der Waals surface area (Å²) in [5.74, 6) is -1.93. The molecule has 3 aromatic rings. The van der Waals surface area contributed by atoms with Crippen molar-refractivity contribution in [2.24, 2.45) is 0 Å². The second kappa shape index (κ2) is 15.8. The predicted molar refractivity (Wildman–Crippen MR) is 155 cm³/mol. The standard InChI is InChI=1S/C32H39F2N3O4/c1-4-11-37(12-5-2)32(40)25-16-24(17-28(18-25)41-3)31(39)36-29(15-23-13-26(33)19-27(34)14-23)30(38)21-35-20-22-9-7-6-8-10-22/h6-10,13-14,16-19,29-30,35,38H,4-5,11-12,15,20-21H2,1-3H3,(H,36,39)/t29-,30+/m0/s1. The number of halogens is 2. The third-order valence-corrected chi connectivity index (χ3v) is 6.61. The van der Waals surface area contributed by atoms with Gasteiger partial charge in [0, 0.05) is 43.4 Å². The van der Waals surface area contributed by atoms with Crippen molar-refractivity contribution in [2.45, 2.75) is 51.8 Å². The van der Waals surface area contributed by atoms with Crippen LogP contribution in [0.3, 0.4) is 0 Å². The molecule has 3 N–H and O–H groups in total. The monoisotopic (exact) mass is 567 g/mol. The summed E-state index contributed by atoms with van der Waals surface area (Å²) in [7, 11) is 1.45. The smallest absolute Gasteiger partial charge is 0.254 e. The number of carbonyl (C=O) groups is 2. The van der Waals surface area contributed by atoms with Gasteiger partial charge in [0.2, 0.25) is 0 Å². The summed E-state index contributed by atoms with van der Waals surface area (Å²) < 4.78 is 33.2. The summed E-state index contributed by atoms with van der Waals surface area (Å²) in [6, 6.07) is 16.4. The molecule has 0 aromatic heterocycles. The van der Waals surface area contributed by atoms with Crippen LogP contribution >= 0.6 is 0 Å². The molecule has 0 aliphatic carbocycles. The summed E-state index contributed by atoms with van der Waals surface area (Å²) in [5, 5.41) is 17.0. The van der Waals surface area contributed by atoms with Crippen LogP contribution in [-0.4, -0.2) is 60.7 Å². The Hall–Kier alpha value is -3.82. The molecule has 2 atom stereocenters. The average Bonchev–Trinajstić information content (AvgIpc) is 2.96. The van der Waals surface area contributed by atoms with Crippen LogP contribution in [0.25, 0.3) is 0 Å². The molecule has 0 heterocycles. The number of benzene rings is 3. The Kier molecular flexibility index (Phi) is 12.2. The van der Waals surface area contributed by atoms with E-state index in [1.165, 1.54) is 31.4 Å². The van der Waals surface area contributed by atoms with E-state index < -0.39 is 29.7 Å². The summed E-state index contributed by atoms with van der Waals surface area (Å²) in [5.41, 5.74) is 1.78. The van der Waals surface area contributed by atoms with Crippen molar-refractivity contribution in [1.82, 2.24) is 15.5 Å². The van der Waals surface area contributed by atoms with E-state index in [9.17, 15) is 23.5 Å². The third kappa shape index (κ3) is 9.65. The first-order chi connectivity index (χ1) is 19.7. The number of nitrogens with one attached hydrogen (secondary N) is 2. The van der Waals surface area contributed by atoms with Crippen LogP contribution in [0.5, 0.6) is 5.75 Å². The van der Waals surface area contributed by atoms with E-state index in [1.54, 1.807) is 11.0 Å². The second-order valence-electron chi connectivity index (χ2n) is 9.99. The zero-order chi connectivity index (χ0) is 29.8. The van der Waals surface area contributed by atoms with Crippen LogP contribution in [0.1, 0.15) is 58.5 Å². The lowest BCUT2D eigenvalue weighted by molar-refractivity contribution is 0.0755. The van der Waals surface area contributed by atoms with Crippen LogP contribution in [0.4, 0.5) is 8.78 Å². The van der Waals surface area contributed by atoms with Gasteiger partial charge in [-0.2, -0.15) is 0 Å². The second-order valence-corrected chi connectivity index (χ2v) is 9.99. The number of carbonyl (C=O) groups excluding carboxylic acids is 2. The summed E-state index contributed by atoms with van der Waals surface area (Å²) in [6.07, 6.45) is 0.472. The molecule has 0 saturated heterocycles. The average molecular weight is 568 g/mol. The van der Waals surface area contributed by atoms with Crippen LogP contribution < -0.4 is 15.4 Å². The minimum atomic E-state index is -1.09. The SMILES string of the molecule is CCCN(CCC)C(=O)c1cc(OC)cc(C(=O)N[C@@H](Cc2cc(F)cc(F)c2)[C@H](O)CNCc2ccccc2)c1. The highest BCUT2D eigenvalue weighted by Gasteiger charge is 2.25. The van der Waals surface area contributed by atoms with Gasteiger partial charge in [0.15, 0.2) is 0 Å². The molecule has 0 saturated carbocycles. The highest BCUT2D eigenvalue weighted by Crippen LogP contribution is 2.20. The number of ether oxygens (including phenoxy) is 1. The normalized spacial score (nSPS) is 12.4. The van der Waals surface area contributed by atoms with Crippen molar-refractivity contribution < 1.29 is 28.2 Å². The predicted octanol–water partition coefficient (Wildman–Crippen LogP) is 4.73. The molecule has 3 rings (SSSR count). The molecule has 220 valence electrons. The van der Waals surface area contributed by atoms with Crippen molar-refractivity contribution in [3.05, 3.63) is 101 Å². The molecule has 0 aliphatic rings. The molecule has 0 bridgehead atoms. The van der Waals surface area contributed by atoms with Crippen LogP contribution in [0.2, 0.25) is 0 Å². The highest BCUT2D eigenvalue weighted by molar-refractivity contribution is 6.00. The minimum absolute atomic E-state index is 0.0227. The van der Waals surface area contributed by atoms with Gasteiger partial charge < -0.3 is 25.4 Å². The Morgan fingerprint density at radius 2 is 1.54 bits per heavy atom. The maximum atomic E-state index is 13.9. The van der Waals surface area contributed by atoms with Gasteiger partial charge in [-0.15, -0.1) is 0 Å². The Morgan fingerprint density at radius 3 is 2.15 bits per heavy atom. The minimum Gasteiger partial charge on any atom is -0.497 e. The quantitative estimate of drug-likeness (QED) is 0.247. The fraction of sp³-hybridized carbons (Fsp3) is 0.375. The van der Waals surface area contributed by atoms with Crippen molar-refractivity contribution in [3.63, 3.8) is 0 Å². The van der Waals surface area contributed by atoms with E-state index in [2.05, 4.69) is 10.6 Å². The Balaban J connectivity index is 1.83. The highest BCUT2D eigenvalue weighted by atomic mass is 19.1. The van der Waals surface area contributed by atoms with Crippen LogP contribution in [-0.2, 0) is 13.0 Å². The van der Waals surface area contributed by atoms with Gasteiger partial charge in [0.25, 0.3) is 11.8 Å². The number of methoxy groups -OCH3 is 1. The first-order valence-electron chi connectivity index (χ1n) is 13.9. The number of hydrogen-bond acceptors (Lipinski definition) is 5. The van der Waals surface area contributed by atoms with Crippen molar-refractivity contribution in [3.8, 4) is 5.75 Å². The Labute approximate surface area is 240 Å². The molecule has 0 spiro atoms. The fourth-order valence-electron chi connectivity index (χ4n) is 4.63. The maximum absolute atomic E-state index is 13.9. The molecule has 3 aromatic carbocycles. The molecular weight excluding hydrogens is 528 g/mol. The van der Waals surface area contributed by atoms with E-state index in [4.69, 9.17) is 4.74 Å². The summed E-state index contributed by atoms with van der Waals surface area (Å²) in [4.78, 5) is 28.5. The fourth-order valence-corrected chi connectivity index (χ4v) is 4.63. The lowest BCUT2D eigenvalue weighted by Crippen LogP contribution is -2.48. The van der Waals surface area contributed by atoms with Crippen molar-refractivity contribution in [1.29, 1.82) is 0 Å². The molecule has 0 radical (unpaired) electrons. The summed E-state index contributed by atoms with van der Waals surface area (Å²) >= 11 is 0. The molecule has 0 fully saturated rings. The molecule has 2 amide bonds. The zero-order valence-electron chi connectivity index (χ0n) is 23.8. The molecule has 41 heavy (non-hydrogen) atoms. The third-order valence-electron chi connectivity index (χ3n) is 6.61. The van der Waals surface area contributed by atoms with E-state index in [-0.39, 0.29) is 30.0 Å². The molecule has 9 heteroatoms.